The smallest absolute Gasteiger partial charge is 0.407 e. The van der Waals surface area contributed by atoms with Crippen molar-refractivity contribution < 1.29 is 9.90 Å². The van der Waals surface area contributed by atoms with Crippen LogP contribution in [-0.4, -0.2) is 33.5 Å². The van der Waals surface area contributed by atoms with Crippen LogP contribution in [0.1, 0.15) is 0 Å². The Balaban J connectivity index is 3.80. The fourth-order valence-corrected chi connectivity index (χ4v) is 0.874. The monoisotopic (exact) mass is 205 g/mol. The van der Waals surface area contributed by atoms with Crippen LogP contribution in [0.4, 0.5) is 4.79 Å². The van der Waals surface area contributed by atoms with Gasteiger partial charge >= 0.3 is 6.09 Å². The minimum absolute atomic E-state index is 0.132. The fourth-order valence-electron chi connectivity index (χ4n) is 0.337. The SMILES string of the molecule is CN(CC(Cl)(Cl)Cl)C(=O)O. The Morgan fingerprint density at radius 2 is 2.00 bits per heavy atom. The summed E-state index contributed by atoms with van der Waals surface area (Å²) < 4.78 is -1.53. The van der Waals surface area contributed by atoms with E-state index in [0.717, 1.165) is 4.90 Å². The highest BCUT2D eigenvalue weighted by molar-refractivity contribution is 6.67. The molecule has 1 amide bonds. The third-order valence-corrected chi connectivity index (χ3v) is 1.10. The van der Waals surface area contributed by atoms with E-state index in [1.54, 1.807) is 0 Å². The summed E-state index contributed by atoms with van der Waals surface area (Å²) in [6.07, 6.45) is -1.12. The maximum absolute atomic E-state index is 10.1. The second kappa shape index (κ2) is 3.51. The first-order valence-corrected chi connectivity index (χ1v) is 3.47. The van der Waals surface area contributed by atoms with Crippen LogP contribution in [-0.2, 0) is 0 Å². The maximum atomic E-state index is 10.1. The third kappa shape index (κ3) is 4.97. The molecule has 0 bridgehead atoms. The molecule has 0 aromatic heterocycles. The molecule has 0 heterocycles. The van der Waals surface area contributed by atoms with Gasteiger partial charge in [-0.25, -0.2) is 4.79 Å². The lowest BCUT2D eigenvalue weighted by Crippen LogP contribution is -2.32. The highest BCUT2D eigenvalue weighted by Crippen LogP contribution is 2.26. The maximum Gasteiger partial charge on any atom is 0.407 e. The summed E-state index contributed by atoms with van der Waals surface area (Å²) in [7, 11) is 1.32. The Labute approximate surface area is 73.5 Å². The second-order valence-corrected chi connectivity index (χ2v) is 4.27. The zero-order chi connectivity index (χ0) is 8.36. The summed E-state index contributed by atoms with van der Waals surface area (Å²) in [5.74, 6) is 0. The topological polar surface area (TPSA) is 40.5 Å². The zero-order valence-corrected chi connectivity index (χ0v) is 7.41. The highest BCUT2D eigenvalue weighted by Gasteiger charge is 2.23. The Morgan fingerprint density at radius 1 is 1.60 bits per heavy atom. The van der Waals surface area contributed by atoms with Crippen molar-refractivity contribution in [2.75, 3.05) is 13.6 Å². The lowest BCUT2D eigenvalue weighted by atomic mass is 10.6. The van der Waals surface area contributed by atoms with E-state index in [0.29, 0.717) is 0 Å². The summed E-state index contributed by atoms with van der Waals surface area (Å²) in [4.78, 5) is 11.0. The number of alkyl halides is 3. The highest BCUT2D eigenvalue weighted by atomic mass is 35.6. The number of halogens is 3. The molecule has 0 aliphatic heterocycles. The van der Waals surface area contributed by atoms with Gasteiger partial charge in [0.15, 0.2) is 0 Å². The van der Waals surface area contributed by atoms with Gasteiger partial charge in [-0.3, -0.25) is 0 Å². The van der Waals surface area contributed by atoms with Crippen molar-refractivity contribution in [1.29, 1.82) is 0 Å². The van der Waals surface area contributed by atoms with E-state index in [2.05, 4.69) is 0 Å². The van der Waals surface area contributed by atoms with E-state index in [1.165, 1.54) is 7.05 Å². The number of hydrogen-bond acceptors (Lipinski definition) is 1. The largest absolute Gasteiger partial charge is 0.465 e. The van der Waals surface area contributed by atoms with Gasteiger partial charge in [-0.2, -0.15) is 0 Å². The van der Waals surface area contributed by atoms with E-state index in [9.17, 15) is 4.79 Å². The number of carbonyl (C=O) groups is 1. The van der Waals surface area contributed by atoms with E-state index in [-0.39, 0.29) is 6.54 Å². The van der Waals surface area contributed by atoms with Crippen LogP contribution < -0.4 is 0 Å². The molecule has 1 N–H and O–H groups in total. The van der Waals surface area contributed by atoms with Crippen molar-refractivity contribution in [1.82, 2.24) is 4.90 Å². The lowest BCUT2D eigenvalue weighted by molar-refractivity contribution is 0.157. The molecule has 3 nitrogen and oxygen atoms in total. The molecule has 10 heavy (non-hydrogen) atoms. The van der Waals surface area contributed by atoms with E-state index < -0.39 is 9.89 Å². The first-order chi connectivity index (χ1) is 4.33. The minimum Gasteiger partial charge on any atom is -0.465 e. The molecule has 60 valence electrons. The van der Waals surface area contributed by atoms with Crippen molar-refractivity contribution in [2.45, 2.75) is 3.79 Å². The van der Waals surface area contributed by atoms with Gasteiger partial charge < -0.3 is 10.0 Å². The average Bonchev–Trinajstić information content (AvgIpc) is 1.60. The van der Waals surface area contributed by atoms with E-state index in [1.807, 2.05) is 0 Å². The summed E-state index contributed by atoms with van der Waals surface area (Å²) in [6.45, 7) is -0.132. The number of hydrogen-bond donors (Lipinski definition) is 1. The van der Waals surface area contributed by atoms with Crippen molar-refractivity contribution >= 4 is 40.9 Å². The summed E-state index contributed by atoms with van der Waals surface area (Å²) in [5.41, 5.74) is 0. The van der Waals surface area contributed by atoms with Gasteiger partial charge in [-0.15, -0.1) is 0 Å². The molecular weight excluding hydrogens is 200 g/mol. The van der Waals surface area contributed by atoms with Crippen molar-refractivity contribution in [3.05, 3.63) is 0 Å². The quantitative estimate of drug-likeness (QED) is 0.666. The molecular formula is C4H6Cl3NO2. The van der Waals surface area contributed by atoms with Gasteiger partial charge in [0.1, 0.15) is 0 Å². The molecule has 0 rings (SSSR count). The normalized spacial score (nSPS) is 11.2. The second-order valence-electron chi connectivity index (χ2n) is 1.75. The van der Waals surface area contributed by atoms with Crippen molar-refractivity contribution in [3.63, 3.8) is 0 Å². The van der Waals surface area contributed by atoms with Crippen LogP contribution in [0, 0.1) is 0 Å². The summed E-state index contributed by atoms with van der Waals surface area (Å²) >= 11 is 15.9. The van der Waals surface area contributed by atoms with Gasteiger partial charge in [-0.1, -0.05) is 34.8 Å². The van der Waals surface area contributed by atoms with E-state index >= 15 is 0 Å². The molecule has 0 unspecified atom stereocenters. The van der Waals surface area contributed by atoms with E-state index in [4.69, 9.17) is 39.9 Å². The predicted molar refractivity (Wildman–Crippen MR) is 40.9 cm³/mol. The van der Waals surface area contributed by atoms with Gasteiger partial charge in [0.05, 0.1) is 6.54 Å². The molecule has 6 heteroatoms. The van der Waals surface area contributed by atoms with Crippen molar-refractivity contribution in [3.8, 4) is 0 Å². The van der Waals surface area contributed by atoms with Crippen LogP contribution in [0.15, 0.2) is 0 Å². The van der Waals surface area contributed by atoms with Crippen LogP contribution in [0.25, 0.3) is 0 Å². The molecule has 0 atom stereocenters. The first-order valence-electron chi connectivity index (χ1n) is 2.34. The summed E-state index contributed by atoms with van der Waals surface area (Å²) in [6, 6.07) is 0. The number of carboxylic acid groups (broad SMARTS) is 1. The standard InChI is InChI=1S/C4H6Cl3NO2/c1-8(3(9)10)2-4(5,6)7/h2H2,1H3,(H,9,10). The van der Waals surface area contributed by atoms with Gasteiger partial charge in [0.2, 0.25) is 3.79 Å². The Morgan fingerprint density at radius 3 is 2.10 bits per heavy atom. The molecule has 0 aromatic rings. The number of amides is 1. The zero-order valence-electron chi connectivity index (χ0n) is 5.14. The van der Waals surface area contributed by atoms with Gasteiger partial charge in [0.25, 0.3) is 0 Å². The number of nitrogens with zero attached hydrogens (tertiary/aromatic N) is 1. The Bertz CT molecular complexity index is 133. The molecule has 0 radical (unpaired) electrons. The minimum atomic E-state index is -1.53. The lowest BCUT2D eigenvalue weighted by Gasteiger charge is -2.17. The Hall–Kier alpha value is 0.140. The van der Waals surface area contributed by atoms with Crippen LogP contribution in [0.3, 0.4) is 0 Å². The molecule has 0 saturated heterocycles. The van der Waals surface area contributed by atoms with Crippen LogP contribution in [0.5, 0.6) is 0 Å². The molecule has 0 fully saturated rings. The fraction of sp³-hybridized carbons (Fsp3) is 0.750. The molecule has 0 aliphatic carbocycles. The number of rotatable bonds is 1. The Kier molecular flexibility index (Phi) is 3.56. The molecule has 0 aromatic carbocycles. The van der Waals surface area contributed by atoms with Gasteiger partial charge in [-0.05, 0) is 0 Å². The average molecular weight is 206 g/mol. The molecule has 0 saturated carbocycles. The van der Waals surface area contributed by atoms with Crippen molar-refractivity contribution in [2.24, 2.45) is 0 Å². The van der Waals surface area contributed by atoms with Crippen LogP contribution >= 0.6 is 34.8 Å². The predicted octanol–water partition coefficient (Wildman–Crippen LogP) is 1.97. The third-order valence-electron chi connectivity index (χ3n) is 0.743. The first kappa shape index (κ1) is 10.1. The molecule has 0 spiro atoms. The molecule has 0 aliphatic rings. The van der Waals surface area contributed by atoms with Gasteiger partial charge in [0, 0.05) is 7.05 Å². The summed E-state index contributed by atoms with van der Waals surface area (Å²) in [5, 5.41) is 8.30. The van der Waals surface area contributed by atoms with Crippen LogP contribution in [0.2, 0.25) is 0 Å².